The Morgan fingerprint density at radius 2 is 1.94 bits per heavy atom. The molecule has 166 valence electrons. The monoisotopic (exact) mass is 459 g/mol. The van der Waals surface area contributed by atoms with Crippen molar-refractivity contribution in [2.24, 2.45) is 0 Å². The highest BCUT2D eigenvalue weighted by Crippen LogP contribution is 2.31. The molecule has 0 N–H and O–H groups in total. The third kappa shape index (κ3) is 4.05. The van der Waals surface area contributed by atoms with E-state index in [1.807, 2.05) is 36.4 Å². The minimum Gasteiger partial charge on any atom is -0.497 e. The number of ether oxygens (including phenoxy) is 1. The van der Waals surface area contributed by atoms with Crippen LogP contribution >= 0.6 is 11.3 Å². The topological polar surface area (TPSA) is 81.5 Å². The molecule has 0 radical (unpaired) electrons. The molecule has 8 heteroatoms. The molecule has 0 aliphatic carbocycles. The van der Waals surface area contributed by atoms with E-state index in [4.69, 9.17) is 4.74 Å². The van der Waals surface area contributed by atoms with Gasteiger partial charge < -0.3 is 9.64 Å². The van der Waals surface area contributed by atoms with E-state index in [1.54, 1.807) is 30.2 Å². The fourth-order valence-electron chi connectivity index (χ4n) is 3.97. The maximum Gasteiger partial charge on any atom is 0.271 e. The number of Topliss-reactive ketones (excluding diaryl/α,β-unsaturated/α-hetero) is 1. The summed E-state index contributed by atoms with van der Waals surface area (Å²) in [5.74, 6) is 0.617. The lowest BCUT2D eigenvalue weighted by Gasteiger charge is -2.16. The summed E-state index contributed by atoms with van der Waals surface area (Å²) in [4.78, 5) is 45.1. The Kier molecular flexibility index (Phi) is 5.51. The number of hydrogen-bond donors (Lipinski definition) is 0. The van der Waals surface area contributed by atoms with Crippen molar-refractivity contribution in [3.05, 3.63) is 76.8 Å². The van der Waals surface area contributed by atoms with Crippen LogP contribution in [0.2, 0.25) is 0 Å². The highest BCUT2D eigenvalue weighted by Gasteiger charge is 2.22. The largest absolute Gasteiger partial charge is 0.497 e. The van der Waals surface area contributed by atoms with Crippen molar-refractivity contribution in [3.63, 3.8) is 0 Å². The third-order valence-corrected chi connectivity index (χ3v) is 6.91. The quantitative estimate of drug-likeness (QED) is 0.405. The molecule has 2 aromatic carbocycles. The Bertz CT molecular complexity index is 1420. The van der Waals surface area contributed by atoms with E-state index in [0.29, 0.717) is 34.4 Å². The van der Waals surface area contributed by atoms with Crippen LogP contribution in [0.1, 0.15) is 23.2 Å². The Hall–Kier alpha value is -3.78. The second-order valence-corrected chi connectivity index (χ2v) is 8.91. The molecule has 2 aromatic heterocycles. The van der Waals surface area contributed by atoms with Gasteiger partial charge in [0, 0.05) is 29.1 Å². The number of aromatic nitrogens is 2. The maximum absolute atomic E-state index is 13.1. The van der Waals surface area contributed by atoms with Crippen LogP contribution in [0.5, 0.6) is 5.75 Å². The highest BCUT2D eigenvalue weighted by atomic mass is 32.1. The number of benzene rings is 2. The molecule has 4 aromatic rings. The molecule has 7 nitrogen and oxygen atoms in total. The molecule has 5 rings (SSSR count). The lowest BCUT2D eigenvalue weighted by molar-refractivity contribution is -0.117. The van der Waals surface area contributed by atoms with Gasteiger partial charge in [-0.15, -0.1) is 11.3 Å². The summed E-state index contributed by atoms with van der Waals surface area (Å²) in [5.41, 5.74) is 2.50. The van der Waals surface area contributed by atoms with Gasteiger partial charge in [0.25, 0.3) is 5.56 Å². The summed E-state index contributed by atoms with van der Waals surface area (Å²) < 4.78 is 7.05. The van der Waals surface area contributed by atoms with E-state index >= 15 is 0 Å². The van der Waals surface area contributed by atoms with Gasteiger partial charge in [-0.2, -0.15) is 0 Å². The van der Waals surface area contributed by atoms with Gasteiger partial charge in [-0.25, -0.2) is 4.98 Å². The first-order valence-corrected chi connectivity index (χ1v) is 11.4. The molecule has 1 amide bonds. The average Bonchev–Trinajstić information content (AvgIpc) is 3.48. The van der Waals surface area contributed by atoms with Gasteiger partial charge in [-0.05, 0) is 54.4 Å². The molecule has 3 heterocycles. The van der Waals surface area contributed by atoms with Crippen molar-refractivity contribution in [3.8, 4) is 16.2 Å². The molecule has 1 saturated heterocycles. The summed E-state index contributed by atoms with van der Waals surface area (Å²) in [6.45, 7) is 0.542. The first kappa shape index (κ1) is 21.1. The number of nitrogens with zero attached hydrogens (tertiary/aromatic N) is 3. The highest BCUT2D eigenvalue weighted by molar-refractivity contribution is 7.22. The molecule has 33 heavy (non-hydrogen) atoms. The molecule has 1 fully saturated rings. The van der Waals surface area contributed by atoms with Crippen molar-refractivity contribution in [2.45, 2.75) is 19.4 Å². The second-order valence-electron chi connectivity index (χ2n) is 7.85. The third-order valence-electron chi connectivity index (χ3n) is 5.75. The number of rotatable bonds is 6. The van der Waals surface area contributed by atoms with Crippen molar-refractivity contribution in [1.82, 2.24) is 9.55 Å². The van der Waals surface area contributed by atoms with Crippen LogP contribution in [0, 0.1) is 0 Å². The summed E-state index contributed by atoms with van der Waals surface area (Å²) in [5, 5.41) is 0. The van der Waals surface area contributed by atoms with Crippen LogP contribution in [0.4, 0.5) is 5.69 Å². The van der Waals surface area contributed by atoms with Gasteiger partial charge in [-0.3, -0.25) is 19.0 Å². The molecule has 0 unspecified atom stereocenters. The lowest BCUT2D eigenvalue weighted by atomic mass is 10.1. The number of ketones is 1. The van der Waals surface area contributed by atoms with E-state index in [-0.39, 0.29) is 23.8 Å². The molecule has 0 bridgehead atoms. The first-order chi connectivity index (χ1) is 16.0. The Balaban J connectivity index is 1.41. The zero-order valence-electron chi connectivity index (χ0n) is 18.0. The molecular formula is C25H21N3O4S. The van der Waals surface area contributed by atoms with E-state index in [2.05, 4.69) is 4.98 Å². The van der Waals surface area contributed by atoms with Crippen LogP contribution in [0.25, 0.3) is 20.7 Å². The van der Waals surface area contributed by atoms with Crippen molar-refractivity contribution < 1.29 is 14.3 Å². The van der Waals surface area contributed by atoms with Gasteiger partial charge >= 0.3 is 0 Å². The fraction of sp³-hybridized carbons (Fsp3) is 0.200. The minimum atomic E-state index is -0.246. The predicted octanol–water partition coefficient (Wildman–Crippen LogP) is 4.14. The van der Waals surface area contributed by atoms with Gasteiger partial charge in [0.1, 0.15) is 10.4 Å². The molecular weight excluding hydrogens is 438 g/mol. The normalized spacial score (nSPS) is 13.6. The van der Waals surface area contributed by atoms with Crippen LogP contribution < -0.4 is 15.2 Å². The number of fused-ring (bicyclic) bond motifs is 1. The van der Waals surface area contributed by atoms with Crippen LogP contribution in [-0.2, 0) is 11.3 Å². The van der Waals surface area contributed by atoms with Crippen LogP contribution in [0.3, 0.4) is 0 Å². The van der Waals surface area contributed by atoms with Crippen molar-refractivity contribution in [1.29, 1.82) is 0 Å². The number of methoxy groups -OCH3 is 1. The SMILES string of the molecule is COc1ccc(-c2cc3ncn(CC(=O)c4cccc(N5CCCC5=O)c4)c(=O)c3s2)cc1. The fourth-order valence-corrected chi connectivity index (χ4v) is 5.04. The number of carbonyl (C=O) groups is 2. The van der Waals surface area contributed by atoms with Crippen molar-refractivity contribution >= 4 is 38.9 Å². The lowest BCUT2D eigenvalue weighted by Crippen LogP contribution is -2.25. The van der Waals surface area contributed by atoms with E-state index in [1.165, 1.54) is 22.2 Å². The number of anilines is 1. The number of carbonyl (C=O) groups excluding carboxylic acids is 2. The summed E-state index contributed by atoms with van der Waals surface area (Å²) in [7, 11) is 1.62. The number of thiophene rings is 1. The maximum atomic E-state index is 13.1. The molecule has 1 aliphatic rings. The zero-order chi connectivity index (χ0) is 22.9. The van der Waals surface area contributed by atoms with Gasteiger partial charge in [-0.1, -0.05) is 12.1 Å². The summed E-state index contributed by atoms with van der Waals surface area (Å²) >= 11 is 1.35. The van der Waals surface area contributed by atoms with E-state index < -0.39 is 0 Å². The number of hydrogen-bond acceptors (Lipinski definition) is 6. The summed E-state index contributed by atoms with van der Waals surface area (Å²) in [6.07, 6.45) is 2.76. The van der Waals surface area contributed by atoms with E-state index in [0.717, 1.165) is 22.6 Å². The van der Waals surface area contributed by atoms with E-state index in [9.17, 15) is 14.4 Å². The summed E-state index contributed by atoms with van der Waals surface area (Å²) in [6, 6.07) is 16.5. The minimum absolute atomic E-state index is 0.0656. The standard InChI is InChI=1S/C25H21N3O4S/c1-32-19-9-7-16(8-10-19)22-13-20-24(33-22)25(31)27(15-26-20)14-21(29)17-4-2-5-18(12-17)28-11-3-6-23(28)30/h2,4-5,7-10,12-13,15H,3,6,11,14H2,1H3. The van der Waals surface area contributed by atoms with Gasteiger partial charge in [0.15, 0.2) is 5.78 Å². The zero-order valence-corrected chi connectivity index (χ0v) is 18.8. The molecule has 0 spiro atoms. The molecule has 0 atom stereocenters. The van der Waals surface area contributed by atoms with Crippen LogP contribution in [0.15, 0.2) is 65.7 Å². The van der Waals surface area contributed by atoms with Gasteiger partial charge in [0.2, 0.25) is 5.91 Å². The number of amides is 1. The Labute approximate surface area is 193 Å². The Morgan fingerprint density at radius 1 is 1.12 bits per heavy atom. The smallest absolute Gasteiger partial charge is 0.271 e. The first-order valence-electron chi connectivity index (χ1n) is 10.6. The average molecular weight is 460 g/mol. The van der Waals surface area contributed by atoms with Crippen LogP contribution in [-0.4, -0.2) is 34.9 Å². The Morgan fingerprint density at radius 3 is 2.67 bits per heavy atom. The molecule has 0 saturated carbocycles. The molecule has 1 aliphatic heterocycles. The predicted molar refractivity (Wildman–Crippen MR) is 128 cm³/mol. The second kappa shape index (κ2) is 8.63. The van der Waals surface area contributed by atoms with Gasteiger partial charge in [0.05, 0.1) is 25.5 Å². The van der Waals surface area contributed by atoms with Crippen molar-refractivity contribution in [2.75, 3.05) is 18.6 Å².